The number of fused-ring (bicyclic) bond motifs is 1. The first-order valence-corrected chi connectivity index (χ1v) is 20.0. The minimum atomic E-state index is -3.71. The fourth-order valence-corrected chi connectivity index (χ4v) is 9.36. The van der Waals surface area contributed by atoms with Gasteiger partial charge >= 0.3 is 12.1 Å². The van der Waals surface area contributed by atoms with Crippen LogP contribution < -0.4 is 10.5 Å². The third-order valence-electron chi connectivity index (χ3n) is 10.2. The molecule has 14 nitrogen and oxygen atoms in total. The maximum atomic E-state index is 14.0. The molecule has 4 amide bonds. The molecule has 3 fully saturated rings. The van der Waals surface area contributed by atoms with Crippen LogP contribution in [0.5, 0.6) is 5.75 Å². The van der Waals surface area contributed by atoms with Crippen LogP contribution >= 0.6 is 31.9 Å². The molecule has 0 saturated carbocycles. The predicted octanol–water partition coefficient (Wildman–Crippen LogP) is 3.33. The van der Waals surface area contributed by atoms with Gasteiger partial charge in [-0.1, -0.05) is 18.2 Å². The van der Waals surface area contributed by atoms with E-state index in [9.17, 15) is 27.9 Å². The van der Waals surface area contributed by atoms with E-state index in [0.29, 0.717) is 99.1 Å². The topological polar surface area (TPSA) is 169 Å². The van der Waals surface area contributed by atoms with E-state index in [1.807, 2.05) is 29.2 Å². The number of nitrogens with one attached hydrogen (secondary N) is 1. The fraction of sp³-hybridized carbons (Fsp3) is 0.545. The molecule has 0 aromatic heterocycles. The molecule has 0 radical (unpaired) electrons. The second-order valence-corrected chi connectivity index (χ2v) is 16.5. The normalized spacial score (nSPS) is 20.9. The quantitative estimate of drug-likeness (QED) is 0.382. The monoisotopic (exact) mass is 839 g/mol. The van der Waals surface area contributed by atoms with Crippen molar-refractivity contribution in [1.82, 2.24) is 23.9 Å². The summed E-state index contributed by atoms with van der Waals surface area (Å²) in [4.78, 5) is 48.2. The molecule has 272 valence electrons. The van der Waals surface area contributed by atoms with Gasteiger partial charge in [0, 0.05) is 83.1 Å². The van der Waals surface area contributed by atoms with Crippen LogP contribution in [0.3, 0.4) is 0 Å². The summed E-state index contributed by atoms with van der Waals surface area (Å²) in [7, 11) is -3.71. The Hall–Kier alpha value is -2.96. The highest BCUT2D eigenvalue weighted by atomic mass is 79.9. The maximum absolute atomic E-state index is 14.0. The maximum Gasteiger partial charge on any atom is 0.410 e. The summed E-state index contributed by atoms with van der Waals surface area (Å²) >= 11 is 6.71. The highest BCUT2D eigenvalue weighted by Gasteiger charge is 2.37. The van der Waals surface area contributed by atoms with Crippen molar-refractivity contribution in [2.24, 2.45) is 5.14 Å². The summed E-state index contributed by atoms with van der Waals surface area (Å²) in [5, 5.41) is 18.6. The summed E-state index contributed by atoms with van der Waals surface area (Å²) in [5.41, 5.74) is 2.62. The van der Waals surface area contributed by atoms with Crippen LogP contribution in [0.4, 0.5) is 15.3 Å². The van der Waals surface area contributed by atoms with Gasteiger partial charge in [0.15, 0.2) is 6.10 Å². The molecule has 0 spiro atoms. The van der Waals surface area contributed by atoms with Crippen LogP contribution in [0.25, 0.3) is 0 Å². The zero-order valence-electron chi connectivity index (χ0n) is 27.7. The number of hydrogen-bond acceptors (Lipinski definition) is 8. The molecular formula is C33H43Br2N7O7S. The molecule has 4 heterocycles. The number of ether oxygens (including phenoxy) is 1. The Morgan fingerprint density at radius 1 is 0.900 bits per heavy atom. The molecule has 2 aromatic carbocycles. The number of nitrogens with two attached hydrogens (primary N) is 1. The number of nitrogens with zero attached hydrogens (tertiary/aromatic N) is 5. The Morgan fingerprint density at radius 2 is 1.50 bits per heavy atom. The van der Waals surface area contributed by atoms with E-state index in [2.05, 4.69) is 42.1 Å². The van der Waals surface area contributed by atoms with E-state index < -0.39 is 22.4 Å². The molecule has 0 bridgehead atoms. The molecule has 6 rings (SSSR count). The van der Waals surface area contributed by atoms with Gasteiger partial charge < -0.3 is 29.9 Å². The lowest BCUT2D eigenvalue weighted by atomic mass is 10.0. The Kier molecular flexibility index (Phi) is 11.6. The number of phenolic OH excluding ortho intramolecular Hbond substituents is 1. The average Bonchev–Trinajstić information content (AvgIpc) is 3.27. The summed E-state index contributed by atoms with van der Waals surface area (Å²) in [6, 6.07) is 11.3. The van der Waals surface area contributed by atoms with E-state index >= 15 is 0 Å². The number of carbonyl (C=O) groups excluding carboxylic acids is 3. The van der Waals surface area contributed by atoms with Crippen molar-refractivity contribution in [1.29, 1.82) is 0 Å². The van der Waals surface area contributed by atoms with Crippen LogP contribution in [0.15, 0.2) is 45.3 Å². The molecular weight excluding hydrogens is 798 g/mol. The number of likely N-dealkylation sites (tertiary alicyclic amines) is 2. The average molecular weight is 842 g/mol. The van der Waals surface area contributed by atoms with Crippen LogP contribution in [0, 0.1) is 0 Å². The first kappa shape index (κ1) is 36.8. The second kappa shape index (κ2) is 15.7. The smallest absolute Gasteiger partial charge is 0.410 e. The second-order valence-electron chi connectivity index (χ2n) is 13.3. The number of benzene rings is 2. The third kappa shape index (κ3) is 8.56. The van der Waals surface area contributed by atoms with Gasteiger partial charge in [-0.15, -0.1) is 0 Å². The summed E-state index contributed by atoms with van der Waals surface area (Å²) in [6.07, 6.45) is 1.80. The molecule has 4 N–H and O–H groups in total. The van der Waals surface area contributed by atoms with Gasteiger partial charge in [-0.2, -0.15) is 12.7 Å². The van der Waals surface area contributed by atoms with E-state index in [4.69, 9.17) is 9.88 Å². The van der Waals surface area contributed by atoms with Gasteiger partial charge in [0.05, 0.1) is 8.95 Å². The lowest BCUT2D eigenvalue weighted by molar-refractivity contribution is -0.142. The molecule has 1 atom stereocenters. The van der Waals surface area contributed by atoms with E-state index in [1.54, 1.807) is 21.9 Å². The van der Waals surface area contributed by atoms with Crippen molar-refractivity contribution in [2.75, 3.05) is 64.2 Å². The number of halogens is 2. The number of phenols is 1. The van der Waals surface area contributed by atoms with Gasteiger partial charge in [-0.3, -0.25) is 9.69 Å². The molecule has 50 heavy (non-hydrogen) atoms. The zero-order valence-corrected chi connectivity index (χ0v) is 31.7. The molecule has 2 aromatic rings. The first-order valence-electron chi connectivity index (χ1n) is 17.0. The SMILES string of the molecule is NS(=O)(=O)N1CCN(C2CCN(C(=O)[C@@H](Cc3cc(Br)c(O)c(Br)c3)OC(=O)N3CCC(N4CCc5ccccc5NC4=O)CC3)CC2)CC1. The largest absolute Gasteiger partial charge is 0.506 e. The minimum Gasteiger partial charge on any atom is -0.506 e. The van der Waals surface area contributed by atoms with Gasteiger partial charge in [0.1, 0.15) is 5.75 Å². The molecule has 0 aliphatic carbocycles. The number of aromatic hydroxyl groups is 1. The van der Waals surface area contributed by atoms with Crippen molar-refractivity contribution in [3.63, 3.8) is 0 Å². The number of rotatable bonds is 7. The van der Waals surface area contributed by atoms with Crippen molar-refractivity contribution in [3.05, 3.63) is 56.5 Å². The van der Waals surface area contributed by atoms with Crippen molar-refractivity contribution in [3.8, 4) is 5.75 Å². The number of hydrogen-bond donors (Lipinski definition) is 3. The lowest BCUT2D eigenvalue weighted by Crippen LogP contribution is -2.56. The summed E-state index contributed by atoms with van der Waals surface area (Å²) in [5.74, 6) is -0.253. The number of piperazine rings is 1. The Balaban J connectivity index is 1.07. The van der Waals surface area contributed by atoms with Gasteiger partial charge in [0.25, 0.3) is 16.1 Å². The predicted molar refractivity (Wildman–Crippen MR) is 194 cm³/mol. The molecule has 4 aliphatic heterocycles. The highest BCUT2D eigenvalue weighted by Crippen LogP contribution is 2.34. The van der Waals surface area contributed by atoms with Crippen molar-refractivity contribution in [2.45, 2.75) is 56.7 Å². The number of piperidine rings is 2. The Bertz CT molecular complexity index is 1670. The van der Waals surface area contributed by atoms with Gasteiger partial charge in [-0.05, 0) is 93.3 Å². The standard InChI is InChI=1S/C33H43Br2N7O7S/c34-26-19-22(20-27(35)30(26)43)21-29(31(44)39-10-6-24(7-11-39)38-15-17-41(18-16-38)50(36,47)48)49-33(46)40-12-8-25(9-13-40)42-14-5-23-3-1-2-4-28(23)37-32(42)45/h1-4,19-20,24-25,29,43H,5-18,21H2,(H,37,45)(H2,36,47,48)/t29-/m1/s1. The van der Waals surface area contributed by atoms with Crippen LogP contribution in [0.2, 0.25) is 0 Å². The van der Waals surface area contributed by atoms with Crippen molar-refractivity contribution < 1.29 is 32.6 Å². The van der Waals surface area contributed by atoms with Gasteiger partial charge in [0.2, 0.25) is 0 Å². The van der Waals surface area contributed by atoms with Gasteiger partial charge in [-0.25, -0.2) is 14.7 Å². The zero-order chi connectivity index (χ0) is 35.6. The van der Waals surface area contributed by atoms with Crippen molar-refractivity contribution >= 4 is 65.8 Å². The van der Waals surface area contributed by atoms with E-state index in [-0.39, 0.29) is 36.2 Å². The Labute approximate surface area is 309 Å². The number of carbonyl (C=O) groups is 3. The fourth-order valence-electron chi connectivity index (χ4n) is 7.40. The lowest BCUT2D eigenvalue weighted by Gasteiger charge is -2.42. The summed E-state index contributed by atoms with van der Waals surface area (Å²) in [6.45, 7) is 4.15. The Morgan fingerprint density at radius 3 is 2.14 bits per heavy atom. The highest BCUT2D eigenvalue weighted by molar-refractivity contribution is 9.11. The first-order chi connectivity index (χ1) is 23.9. The van der Waals surface area contributed by atoms with Crippen LogP contribution in [-0.4, -0.2) is 133 Å². The number of urea groups is 1. The molecule has 0 unspecified atom stereocenters. The van der Waals surface area contributed by atoms with E-state index in [1.165, 1.54) is 4.31 Å². The molecule has 4 aliphatic rings. The molecule has 3 saturated heterocycles. The third-order valence-corrected chi connectivity index (χ3v) is 12.5. The molecule has 17 heteroatoms. The van der Waals surface area contributed by atoms with Crippen LogP contribution in [0.1, 0.15) is 36.8 Å². The summed E-state index contributed by atoms with van der Waals surface area (Å²) < 4.78 is 31.6. The number of amides is 4. The van der Waals surface area contributed by atoms with E-state index in [0.717, 1.165) is 17.7 Å². The number of anilines is 1. The number of para-hydroxylation sites is 1. The minimum absolute atomic E-state index is 0.0264. The van der Waals surface area contributed by atoms with Crippen LogP contribution in [-0.2, 0) is 32.6 Å².